The first-order valence-corrected chi connectivity index (χ1v) is 11.3. The zero-order chi connectivity index (χ0) is 23.1. The van der Waals surface area contributed by atoms with Crippen LogP contribution in [0.1, 0.15) is 17.5 Å². The Labute approximate surface area is 193 Å². The van der Waals surface area contributed by atoms with Gasteiger partial charge >= 0.3 is 0 Å². The van der Waals surface area contributed by atoms with E-state index >= 15 is 0 Å². The summed E-state index contributed by atoms with van der Waals surface area (Å²) in [6.45, 7) is 0. The van der Waals surface area contributed by atoms with Gasteiger partial charge in [0.2, 0.25) is 5.91 Å². The Morgan fingerprint density at radius 3 is 2.44 bits per heavy atom. The maximum Gasteiger partial charge on any atom is 0.225 e. The number of thioether (sulfide) groups is 1. The Morgan fingerprint density at radius 1 is 1.19 bits per heavy atom. The molecule has 162 valence electrons. The summed E-state index contributed by atoms with van der Waals surface area (Å²) >= 11 is 2.70. The van der Waals surface area contributed by atoms with Crippen molar-refractivity contribution in [3.8, 4) is 34.8 Å². The van der Waals surface area contributed by atoms with Crippen molar-refractivity contribution in [3.05, 3.63) is 46.2 Å². The number of rotatable bonds is 8. The van der Waals surface area contributed by atoms with Crippen molar-refractivity contribution in [2.45, 2.75) is 11.4 Å². The maximum absolute atomic E-state index is 12.4. The summed E-state index contributed by atoms with van der Waals surface area (Å²) in [5.41, 5.74) is 8.21. The molecular weight excluding hydrogens is 446 g/mol. The molecule has 0 fully saturated rings. The fourth-order valence-electron chi connectivity index (χ4n) is 2.94. The number of aromatic nitrogens is 1. The lowest BCUT2D eigenvalue weighted by molar-refractivity contribution is -0.115. The van der Waals surface area contributed by atoms with Gasteiger partial charge in [-0.25, -0.2) is 4.98 Å². The van der Waals surface area contributed by atoms with E-state index in [1.165, 1.54) is 37.3 Å². The molecule has 3 rings (SSSR count). The smallest absolute Gasteiger partial charge is 0.225 e. The maximum atomic E-state index is 12.4. The van der Waals surface area contributed by atoms with E-state index in [0.717, 1.165) is 5.56 Å². The van der Waals surface area contributed by atoms with Gasteiger partial charge in [0.15, 0.2) is 0 Å². The van der Waals surface area contributed by atoms with E-state index in [0.29, 0.717) is 33.5 Å². The first-order valence-electron chi connectivity index (χ1n) is 9.32. The Morgan fingerprint density at radius 2 is 1.88 bits per heavy atom. The number of nitriles is 2. The monoisotopic (exact) mass is 465 g/mol. The molecule has 8 nitrogen and oxygen atoms in total. The molecule has 0 saturated heterocycles. The number of hydrogen-bond acceptors (Lipinski definition) is 9. The molecule has 0 bridgehead atoms. The zero-order valence-corrected chi connectivity index (χ0v) is 19.0. The highest BCUT2D eigenvalue weighted by atomic mass is 32.2. The molecule has 32 heavy (non-hydrogen) atoms. The van der Waals surface area contributed by atoms with Gasteiger partial charge in [0.1, 0.15) is 40.0 Å². The summed E-state index contributed by atoms with van der Waals surface area (Å²) in [4.78, 5) is 16.7. The second-order valence-electron chi connectivity index (χ2n) is 6.41. The lowest BCUT2D eigenvalue weighted by Crippen LogP contribution is -2.12. The van der Waals surface area contributed by atoms with Gasteiger partial charge < -0.3 is 20.5 Å². The molecule has 2 heterocycles. The van der Waals surface area contributed by atoms with Crippen LogP contribution in [0.5, 0.6) is 11.5 Å². The molecule has 1 aromatic carbocycles. The Bertz CT molecular complexity index is 1190. The van der Waals surface area contributed by atoms with Gasteiger partial charge in [-0.15, -0.1) is 11.8 Å². The Kier molecular flexibility index (Phi) is 7.55. The number of nitrogen functional groups attached to an aromatic ring is 1. The molecule has 0 aliphatic rings. The molecule has 0 spiro atoms. The third-order valence-electron chi connectivity index (χ3n) is 4.43. The minimum absolute atomic E-state index is 0.0585. The summed E-state index contributed by atoms with van der Waals surface area (Å²) in [5, 5.41) is 26.2. The number of nitrogens with zero attached hydrogens (tertiary/aromatic N) is 3. The van der Waals surface area contributed by atoms with E-state index < -0.39 is 0 Å². The number of anilines is 2. The van der Waals surface area contributed by atoms with E-state index in [9.17, 15) is 15.3 Å². The van der Waals surface area contributed by atoms with Crippen LogP contribution in [0, 0.1) is 22.7 Å². The van der Waals surface area contributed by atoms with Crippen LogP contribution >= 0.6 is 23.1 Å². The molecule has 0 aliphatic heterocycles. The fraction of sp³-hybridized carbons (Fsp3) is 0.182. The highest BCUT2D eigenvalue weighted by Crippen LogP contribution is 2.36. The normalized spacial score (nSPS) is 10.1. The number of benzene rings is 1. The van der Waals surface area contributed by atoms with Crippen LogP contribution in [0.2, 0.25) is 0 Å². The highest BCUT2D eigenvalue weighted by molar-refractivity contribution is 7.99. The van der Waals surface area contributed by atoms with Gasteiger partial charge in [-0.3, -0.25) is 4.79 Å². The first-order chi connectivity index (χ1) is 15.5. The van der Waals surface area contributed by atoms with Crippen LogP contribution < -0.4 is 20.5 Å². The summed E-state index contributed by atoms with van der Waals surface area (Å²) in [5.74, 6) is 1.33. The molecule has 1 amide bonds. The quantitative estimate of drug-likeness (QED) is 0.471. The number of hydrogen-bond donors (Lipinski definition) is 2. The summed E-state index contributed by atoms with van der Waals surface area (Å²) in [6, 6.07) is 11.1. The molecule has 3 N–H and O–H groups in total. The lowest BCUT2D eigenvalue weighted by Gasteiger charge is -2.12. The van der Waals surface area contributed by atoms with Crippen LogP contribution in [-0.2, 0) is 4.79 Å². The average Bonchev–Trinajstić information content (AvgIpc) is 3.32. The molecule has 3 aromatic rings. The van der Waals surface area contributed by atoms with Gasteiger partial charge in [0.25, 0.3) is 0 Å². The fourth-order valence-corrected chi connectivity index (χ4v) is 4.52. The lowest BCUT2D eigenvalue weighted by atomic mass is 9.99. The summed E-state index contributed by atoms with van der Waals surface area (Å²) in [6.07, 6.45) is 0.171. The van der Waals surface area contributed by atoms with Crippen molar-refractivity contribution in [2.75, 3.05) is 31.0 Å². The van der Waals surface area contributed by atoms with Crippen molar-refractivity contribution in [1.29, 1.82) is 10.5 Å². The molecule has 0 unspecified atom stereocenters. The predicted octanol–water partition coefficient (Wildman–Crippen LogP) is 4.27. The Balaban J connectivity index is 1.75. The van der Waals surface area contributed by atoms with Crippen LogP contribution in [0.4, 0.5) is 11.5 Å². The number of thiophene rings is 1. The van der Waals surface area contributed by atoms with Gasteiger partial charge in [-0.05, 0) is 22.4 Å². The average molecular weight is 466 g/mol. The highest BCUT2D eigenvalue weighted by Gasteiger charge is 2.21. The second kappa shape index (κ2) is 10.5. The van der Waals surface area contributed by atoms with Crippen LogP contribution in [0.3, 0.4) is 0 Å². The summed E-state index contributed by atoms with van der Waals surface area (Å²) < 4.78 is 10.4. The van der Waals surface area contributed by atoms with Gasteiger partial charge in [-0.1, -0.05) is 0 Å². The molecule has 2 aromatic heterocycles. The third-order valence-corrected chi connectivity index (χ3v) is 6.09. The first kappa shape index (κ1) is 22.9. The van der Waals surface area contributed by atoms with Crippen molar-refractivity contribution in [3.63, 3.8) is 0 Å². The number of carbonyl (C=O) groups excluding carboxylic acids is 1. The van der Waals surface area contributed by atoms with Gasteiger partial charge in [0.05, 0.1) is 19.8 Å². The van der Waals surface area contributed by atoms with E-state index in [2.05, 4.69) is 16.4 Å². The second-order valence-corrected chi connectivity index (χ2v) is 8.27. The van der Waals surface area contributed by atoms with Crippen molar-refractivity contribution < 1.29 is 14.3 Å². The molecule has 0 aliphatic carbocycles. The van der Waals surface area contributed by atoms with E-state index in [-0.39, 0.29) is 29.3 Å². The standard InChI is InChI=1S/C22H19N5O3S2/c1-29-15-7-14(8-16(9-15)30-2)26-19(28)4-6-32-22-18(11-24)20(13-3-5-31-12-13)17(10-23)21(25)27-22/h3,5,7-9,12H,4,6H2,1-2H3,(H2,25,27)(H,26,28). The van der Waals surface area contributed by atoms with Gasteiger partial charge in [0, 0.05) is 41.6 Å². The minimum Gasteiger partial charge on any atom is -0.497 e. The summed E-state index contributed by atoms with van der Waals surface area (Å²) in [7, 11) is 3.06. The van der Waals surface area contributed by atoms with Crippen molar-refractivity contribution in [1.82, 2.24) is 4.98 Å². The molecular formula is C22H19N5O3S2. The minimum atomic E-state index is -0.217. The number of pyridine rings is 1. The SMILES string of the molecule is COc1cc(NC(=O)CCSc2nc(N)c(C#N)c(-c3ccsc3)c2C#N)cc(OC)c1. The number of nitrogens with one attached hydrogen (secondary N) is 1. The van der Waals surface area contributed by atoms with Crippen molar-refractivity contribution >= 4 is 40.5 Å². The zero-order valence-electron chi connectivity index (χ0n) is 17.3. The van der Waals surface area contributed by atoms with Crippen LogP contribution in [-0.4, -0.2) is 30.9 Å². The molecule has 10 heteroatoms. The number of carbonyl (C=O) groups is 1. The number of nitrogens with two attached hydrogens (primary N) is 1. The van der Waals surface area contributed by atoms with E-state index in [1.807, 2.05) is 22.9 Å². The third kappa shape index (κ3) is 5.11. The van der Waals surface area contributed by atoms with Crippen LogP contribution in [0.25, 0.3) is 11.1 Å². The largest absolute Gasteiger partial charge is 0.497 e. The van der Waals surface area contributed by atoms with Crippen LogP contribution in [0.15, 0.2) is 40.1 Å². The van der Waals surface area contributed by atoms with Crippen molar-refractivity contribution in [2.24, 2.45) is 0 Å². The number of ether oxygens (including phenoxy) is 2. The molecule has 0 radical (unpaired) electrons. The molecule has 0 saturated carbocycles. The number of methoxy groups -OCH3 is 2. The van der Waals surface area contributed by atoms with Gasteiger partial charge in [-0.2, -0.15) is 21.9 Å². The predicted molar refractivity (Wildman–Crippen MR) is 125 cm³/mol. The number of amides is 1. The van der Waals surface area contributed by atoms with E-state index in [1.54, 1.807) is 18.2 Å². The topological polar surface area (TPSA) is 134 Å². The van der Waals surface area contributed by atoms with E-state index in [4.69, 9.17) is 15.2 Å². The molecule has 0 atom stereocenters. The Hall–Kier alpha value is -3.73.